The topological polar surface area (TPSA) is 77.8 Å². The molecule has 0 radical (unpaired) electrons. The highest BCUT2D eigenvalue weighted by Crippen LogP contribution is 2.22. The molecule has 0 spiro atoms. The molecule has 5 heteroatoms. The molecule has 2 unspecified atom stereocenters. The molecule has 0 saturated carbocycles. The molecule has 1 aliphatic heterocycles. The lowest BCUT2D eigenvalue weighted by atomic mass is 9.99. The van der Waals surface area contributed by atoms with Gasteiger partial charge in [0.1, 0.15) is 0 Å². The molecule has 5 nitrogen and oxygen atoms in total. The van der Waals surface area contributed by atoms with Gasteiger partial charge in [-0.05, 0) is 19.3 Å². The molecule has 1 heterocycles. The minimum atomic E-state index is -0.746. The molecule has 0 aromatic heterocycles. The number of aliphatic hydroxyl groups is 1. The molecule has 22 heavy (non-hydrogen) atoms. The standard InChI is InChI=1S/C17H29NO4/c1-2-3-8-15(19)11-10-14-13-16(20)18(14)12-7-5-4-6-9-17(21)22/h10-11,14-15,19H,2-9,12-13H2,1H3,(H,21,22)/b11-10+. The second kappa shape index (κ2) is 10.4. The van der Waals surface area contributed by atoms with E-state index in [0.717, 1.165) is 45.1 Å². The number of unbranched alkanes of at least 4 members (excludes halogenated alkanes) is 4. The van der Waals surface area contributed by atoms with E-state index in [9.17, 15) is 14.7 Å². The number of carbonyl (C=O) groups is 2. The Bertz CT molecular complexity index is 381. The molecule has 0 aromatic carbocycles. The lowest BCUT2D eigenvalue weighted by Crippen LogP contribution is -2.51. The van der Waals surface area contributed by atoms with Crippen molar-refractivity contribution in [3.8, 4) is 0 Å². The second-order valence-corrected chi connectivity index (χ2v) is 6.01. The zero-order chi connectivity index (χ0) is 16.4. The number of amides is 1. The lowest BCUT2D eigenvalue weighted by molar-refractivity contribution is -0.143. The van der Waals surface area contributed by atoms with Crippen molar-refractivity contribution in [3.63, 3.8) is 0 Å². The van der Waals surface area contributed by atoms with Gasteiger partial charge >= 0.3 is 5.97 Å². The van der Waals surface area contributed by atoms with E-state index in [1.165, 1.54) is 0 Å². The number of carboxylic acid groups (broad SMARTS) is 1. The first-order valence-corrected chi connectivity index (χ1v) is 8.42. The Labute approximate surface area is 133 Å². The number of aliphatic carboxylic acids is 1. The fourth-order valence-corrected chi connectivity index (χ4v) is 2.62. The van der Waals surface area contributed by atoms with Crippen molar-refractivity contribution in [1.82, 2.24) is 4.90 Å². The van der Waals surface area contributed by atoms with Crippen LogP contribution in [-0.2, 0) is 9.59 Å². The van der Waals surface area contributed by atoms with E-state index in [4.69, 9.17) is 5.11 Å². The molecule has 1 fully saturated rings. The third-order valence-corrected chi connectivity index (χ3v) is 4.05. The van der Waals surface area contributed by atoms with Gasteiger partial charge in [-0.25, -0.2) is 0 Å². The van der Waals surface area contributed by atoms with Gasteiger partial charge < -0.3 is 15.1 Å². The summed E-state index contributed by atoms with van der Waals surface area (Å²) in [5.41, 5.74) is 0. The summed E-state index contributed by atoms with van der Waals surface area (Å²) in [6, 6.07) is 0.128. The summed E-state index contributed by atoms with van der Waals surface area (Å²) in [5, 5.41) is 18.3. The number of carboxylic acids is 1. The lowest BCUT2D eigenvalue weighted by Gasteiger charge is -2.39. The molecule has 0 bridgehead atoms. The number of hydrogen-bond acceptors (Lipinski definition) is 3. The first-order chi connectivity index (χ1) is 10.5. The summed E-state index contributed by atoms with van der Waals surface area (Å²) in [7, 11) is 0. The number of rotatable bonds is 12. The SMILES string of the molecule is CCCCC(O)/C=C/C1CC(=O)N1CCCCCCC(=O)O. The molecule has 0 aliphatic carbocycles. The van der Waals surface area contributed by atoms with Crippen LogP contribution >= 0.6 is 0 Å². The molecule has 1 aliphatic rings. The molecule has 1 saturated heterocycles. The highest BCUT2D eigenvalue weighted by atomic mass is 16.4. The second-order valence-electron chi connectivity index (χ2n) is 6.01. The van der Waals surface area contributed by atoms with Gasteiger partial charge in [-0.3, -0.25) is 9.59 Å². The smallest absolute Gasteiger partial charge is 0.303 e. The zero-order valence-electron chi connectivity index (χ0n) is 13.5. The maximum absolute atomic E-state index is 11.6. The van der Waals surface area contributed by atoms with Crippen molar-refractivity contribution in [3.05, 3.63) is 12.2 Å². The number of carbonyl (C=O) groups excluding carboxylic acids is 1. The fourth-order valence-electron chi connectivity index (χ4n) is 2.62. The third-order valence-electron chi connectivity index (χ3n) is 4.05. The van der Waals surface area contributed by atoms with Gasteiger partial charge in [-0.2, -0.15) is 0 Å². The Kier molecular flexibility index (Phi) is 8.82. The van der Waals surface area contributed by atoms with Crippen LogP contribution in [0.5, 0.6) is 0 Å². The molecule has 1 amide bonds. The van der Waals surface area contributed by atoms with Crippen LogP contribution in [-0.4, -0.2) is 45.7 Å². The highest BCUT2D eigenvalue weighted by Gasteiger charge is 2.33. The first-order valence-electron chi connectivity index (χ1n) is 8.42. The van der Waals surface area contributed by atoms with E-state index in [-0.39, 0.29) is 18.4 Å². The van der Waals surface area contributed by atoms with Crippen molar-refractivity contribution in [2.45, 2.75) is 76.9 Å². The number of likely N-dealkylation sites (tertiary alicyclic amines) is 1. The van der Waals surface area contributed by atoms with Gasteiger partial charge in [0.15, 0.2) is 0 Å². The maximum Gasteiger partial charge on any atom is 0.303 e. The number of β-lactam (4-membered cyclic amide) rings is 1. The van der Waals surface area contributed by atoms with Crippen molar-refractivity contribution in [2.24, 2.45) is 0 Å². The van der Waals surface area contributed by atoms with Gasteiger partial charge in [0.2, 0.25) is 5.91 Å². The zero-order valence-corrected chi connectivity index (χ0v) is 13.5. The monoisotopic (exact) mass is 311 g/mol. The van der Waals surface area contributed by atoms with E-state index in [2.05, 4.69) is 6.92 Å². The minimum Gasteiger partial charge on any atom is -0.481 e. The van der Waals surface area contributed by atoms with Crippen molar-refractivity contribution >= 4 is 11.9 Å². The summed E-state index contributed by atoms with van der Waals surface area (Å²) in [4.78, 5) is 23.9. The Morgan fingerprint density at radius 3 is 2.68 bits per heavy atom. The van der Waals surface area contributed by atoms with Crippen molar-refractivity contribution < 1.29 is 19.8 Å². The summed E-state index contributed by atoms with van der Waals surface area (Å²) in [5.74, 6) is -0.576. The molecular weight excluding hydrogens is 282 g/mol. The van der Waals surface area contributed by atoms with Crippen molar-refractivity contribution in [2.75, 3.05) is 6.54 Å². The summed E-state index contributed by atoms with van der Waals surface area (Å²) < 4.78 is 0. The van der Waals surface area contributed by atoms with Crippen LogP contribution in [0.4, 0.5) is 0 Å². The predicted octanol–water partition coefficient (Wildman–Crippen LogP) is 2.73. The van der Waals surface area contributed by atoms with E-state index >= 15 is 0 Å². The summed E-state index contributed by atoms with van der Waals surface area (Å²) in [6.07, 6.45) is 10.4. The quantitative estimate of drug-likeness (QED) is 0.330. The molecular formula is C17H29NO4. The average molecular weight is 311 g/mol. The van der Waals surface area contributed by atoms with Crippen LogP contribution in [0.25, 0.3) is 0 Å². The van der Waals surface area contributed by atoms with Crippen LogP contribution in [0.1, 0.15) is 64.7 Å². The minimum absolute atomic E-state index is 0.128. The van der Waals surface area contributed by atoms with Gasteiger partial charge in [0, 0.05) is 13.0 Å². The molecule has 1 rings (SSSR count). The van der Waals surface area contributed by atoms with E-state index in [1.807, 2.05) is 17.1 Å². The average Bonchev–Trinajstić information content (AvgIpc) is 2.47. The van der Waals surface area contributed by atoms with Gasteiger partial charge in [0.05, 0.1) is 18.6 Å². The van der Waals surface area contributed by atoms with Crippen molar-refractivity contribution in [1.29, 1.82) is 0 Å². The Morgan fingerprint density at radius 1 is 1.32 bits per heavy atom. The molecule has 0 aromatic rings. The number of aliphatic hydroxyl groups excluding tert-OH is 1. The third kappa shape index (κ3) is 7.07. The highest BCUT2D eigenvalue weighted by molar-refractivity contribution is 5.83. The van der Waals surface area contributed by atoms with Crippen LogP contribution in [0.2, 0.25) is 0 Å². The van der Waals surface area contributed by atoms with Crippen LogP contribution in [0.15, 0.2) is 12.2 Å². The molecule has 2 N–H and O–H groups in total. The van der Waals surface area contributed by atoms with Gasteiger partial charge in [-0.1, -0.05) is 44.8 Å². The Balaban J connectivity index is 2.17. The largest absolute Gasteiger partial charge is 0.481 e. The normalized spacial score (nSPS) is 19.5. The van der Waals surface area contributed by atoms with Gasteiger partial charge in [0.25, 0.3) is 0 Å². The van der Waals surface area contributed by atoms with Crippen LogP contribution in [0.3, 0.4) is 0 Å². The fraction of sp³-hybridized carbons (Fsp3) is 0.765. The van der Waals surface area contributed by atoms with Gasteiger partial charge in [-0.15, -0.1) is 0 Å². The first kappa shape index (κ1) is 18.7. The van der Waals surface area contributed by atoms with E-state index < -0.39 is 12.1 Å². The summed E-state index contributed by atoms with van der Waals surface area (Å²) >= 11 is 0. The summed E-state index contributed by atoms with van der Waals surface area (Å²) in [6.45, 7) is 2.82. The predicted molar refractivity (Wildman–Crippen MR) is 85.5 cm³/mol. The Hall–Kier alpha value is -1.36. The maximum atomic E-state index is 11.6. The Morgan fingerprint density at radius 2 is 2.05 bits per heavy atom. The van der Waals surface area contributed by atoms with Crippen LogP contribution < -0.4 is 0 Å². The molecule has 126 valence electrons. The number of hydrogen-bond donors (Lipinski definition) is 2. The van der Waals surface area contributed by atoms with Crippen LogP contribution in [0, 0.1) is 0 Å². The number of nitrogens with zero attached hydrogens (tertiary/aromatic N) is 1. The van der Waals surface area contributed by atoms with E-state index in [0.29, 0.717) is 12.8 Å². The van der Waals surface area contributed by atoms with E-state index in [1.54, 1.807) is 0 Å². The molecule has 2 atom stereocenters.